The molecule has 1 saturated heterocycles. The maximum Gasteiger partial charge on any atom is 0.244 e. The smallest absolute Gasteiger partial charge is 0.244 e. The minimum Gasteiger partial charge on any atom is -0.497 e. The molecule has 0 aliphatic carbocycles. The van der Waals surface area contributed by atoms with E-state index < -0.39 is 16.9 Å². The summed E-state index contributed by atoms with van der Waals surface area (Å²) in [6.07, 6.45) is 4.03. The number of hydroxylamine groups is 1. The molecule has 1 unspecified atom stereocenters. The molecule has 0 radical (unpaired) electrons. The summed E-state index contributed by atoms with van der Waals surface area (Å²) in [5.41, 5.74) is 1.62. The molecule has 1 aliphatic rings. The van der Waals surface area contributed by atoms with Gasteiger partial charge in [0.2, 0.25) is 11.8 Å². The molecular weight excluding hydrogens is 446 g/mol. The van der Waals surface area contributed by atoms with Crippen LogP contribution in [0.5, 0.6) is 11.5 Å². The van der Waals surface area contributed by atoms with Crippen molar-refractivity contribution in [2.24, 2.45) is 11.8 Å². The third kappa shape index (κ3) is 9.69. The zero-order chi connectivity index (χ0) is 25.0. The molecule has 1 aromatic carbocycles. The van der Waals surface area contributed by atoms with Crippen LogP contribution in [0, 0.1) is 11.8 Å². The fraction of sp³-hybridized carbons (Fsp3) is 0.652. The zero-order valence-electron chi connectivity index (χ0n) is 20.6. The molecule has 2 atom stereocenters. The summed E-state index contributed by atoms with van der Waals surface area (Å²) in [5.74, 6) is 0.896. The van der Waals surface area contributed by atoms with Crippen LogP contribution in [0.4, 0.5) is 0 Å². The second-order valence-corrected chi connectivity index (χ2v) is 10.2. The van der Waals surface area contributed by atoms with Gasteiger partial charge in [0, 0.05) is 31.5 Å². The molecule has 0 bridgehead atoms. The Labute approximate surface area is 200 Å². The maximum atomic E-state index is 12.3. The van der Waals surface area contributed by atoms with Crippen molar-refractivity contribution >= 4 is 22.8 Å². The molecule has 2 amide bonds. The molecule has 0 spiro atoms. The van der Waals surface area contributed by atoms with Crippen LogP contribution in [0.1, 0.15) is 46.0 Å². The summed E-state index contributed by atoms with van der Waals surface area (Å²) in [6, 6.07) is 5.24. The van der Waals surface area contributed by atoms with Gasteiger partial charge in [-0.1, -0.05) is 13.8 Å². The van der Waals surface area contributed by atoms with Crippen molar-refractivity contribution in [2.75, 3.05) is 41.4 Å². The highest BCUT2D eigenvalue weighted by Gasteiger charge is 2.28. The highest BCUT2D eigenvalue weighted by molar-refractivity contribution is 7.82. The van der Waals surface area contributed by atoms with Crippen LogP contribution in [0.15, 0.2) is 23.1 Å². The summed E-state index contributed by atoms with van der Waals surface area (Å²) < 4.78 is 23.7. The Morgan fingerprint density at radius 2 is 1.79 bits per heavy atom. The van der Waals surface area contributed by atoms with E-state index >= 15 is 0 Å². The largest absolute Gasteiger partial charge is 0.497 e. The summed E-state index contributed by atoms with van der Waals surface area (Å²) in [5, 5.41) is 8.59. The zero-order valence-corrected chi connectivity index (χ0v) is 21.4. The summed E-state index contributed by atoms with van der Waals surface area (Å²) in [4.78, 5) is 26.1. The minimum absolute atomic E-state index is 0.0620. The predicted octanol–water partition coefficient (Wildman–Crippen LogP) is 2.84. The molecule has 2 N–H and O–H groups in total. The van der Waals surface area contributed by atoms with Crippen LogP contribution in [0.3, 0.4) is 0 Å². The van der Waals surface area contributed by atoms with Gasteiger partial charge in [-0.05, 0) is 57.8 Å². The van der Waals surface area contributed by atoms with Crippen molar-refractivity contribution in [1.29, 1.82) is 0 Å². The summed E-state index contributed by atoms with van der Waals surface area (Å²) in [7, 11) is 5.39. The fourth-order valence-electron chi connectivity index (χ4n) is 3.60. The molecule has 33 heavy (non-hydrogen) atoms. The number of methoxy groups -OCH3 is 2. The van der Waals surface area contributed by atoms with Crippen molar-refractivity contribution in [3.05, 3.63) is 18.2 Å². The van der Waals surface area contributed by atoms with E-state index in [1.165, 1.54) is 6.42 Å². The number of piperidine rings is 1. The van der Waals surface area contributed by atoms with Crippen molar-refractivity contribution in [3.8, 4) is 11.5 Å². The van der Waals surface area contributed by atoms with Crippen LogP contribution in [-0.4, -0.2) is 71.8 Å². The Bertz CT molecular complexity index is 781. The second kappa shape index (κ2) is 14.9. The minimum atomic E-state index is -1.23. The number of carbonyl (C=O) groups excluding carboxylic acids is 2. The highest BCUT2D eigenvalue weighted by atomic mass is 32.2. The van der Waals surface area contributed by atoms with Gasteiger partial charge in [0.25, 0.3) is 0 Å². The first-order chi connectivity index (χ1) is 15.6. The normalized spacial score (nSPS) is 15.4. The monoisotopic (exact) mass is 485 g/mol. The van der Waals surface area contributed by atoms with E-state index in [1.807, 2.05) is 18.7 Å². The lowest BCUT2D eigenvalue weighted by atomic mass is 9.92. The van der Waals surface area contributed by atoms with Crippen LogP contribution in [0.2, 0.25) is 0 Å². The van der Waals surface area contributed by atoms with E-state index in [0.717, 1.165) is 25.9 Å². The Balaban J connectivity index is 0.000000335. The number of hydrogen-bond acceptors (Lipinski definition) is 6. The summed E-state index contributed by atoms with van der Waals surface area (Å²) >= 11 is 0. The molecule has 10 heteroatoms. The van der Waals surface area contributed by atoms with E-state index in [0.29, 0.717) is 28.7 Å². The lowest BCUT2D eigenvalue weighted by molar-refractivity contribution is -0.141. The van der Waals surface area contributed by atoms with Gasteiger partial charge >= 0.3 is 0 Å². The Morgan fingerprint density at radius 1 is 1.15 bits per heavy atom. The lowest BCUT2D eigenvalue weighted by Gasteiger charge is -2.30. The predicted molar refractivity (Wildman–Crippen MR) is 128 cm³/mol. The van der Waals surface area contributed by atoms with Crippen molar-refractivity contribution in [1.82, 2.24) is 14.7 Å². The first kappa shape index (κ1) is 28.9. The van der Waals surface area contributed by atoms with Gasteiger partial charge in [0.15, 0.2) is 0 Å². The van der Waals surface area contributed by atoms with E-state index in [-0.39, 0.29) is 18.2 Å². The number of ether oxygens (including phenoxy) is 2. The Hall–Kier alpha value is -2.17. The number of hydrogen-bond donors (Lipinski definition) is 2. The molecule has 0 aromatic heterocycles. The average molecular weight is 486 g/mol. The number of nitrogens with one attached hydrogen (secondary N) is 1. The molecule has 0 saturated carbocycles. The van der Waals surface area contributed by atoms with Gasteiger partial charge in [-0.15, -0.1) is 0 Å². The number of rotatable bonds is 9. The first-order valence-electron chi connectivity index (χ1n) is 11.2. The number of amides is 2. The highest BCUT2D eigenvalue weighted by Crippen LogP contribution is 2.27. The Morgan fingerprint density at radius 3 is 2.27 bits per heavy atom. The SMILES string of the molecule is CC(C)C[C@H](CC(=O)NO)C(=O)N1CCCCC1.COc1ccc(OC)c(S(=O)N(C)C)c1. The molecule has 2 rings (SSSR count). The van der Waals surface area contributed by atoms with Crippen LogP contribution in [-0.2, 0) is 20.6 Å². The quantitative estimate of drug-likeness (QED) is 0.411. The molecule has 9 nitrogen and oxygen atoms in total. The van der Waals surface area contributed by atoms with E-state index in [9.17, 15) is 13.8 Å². The third-order valence-electron chi connectivity index (χ3n) is 5.22. The topological polar surface area (TPSA) is 108 Å². The number of carbonyl (C=O) groups is 2. The van der Waals surface area contributed by atoms with Gasteiger partial charge in [0.1, 0.15) is 27.4 Å². The van der Waals surface area contributed by atoms with Crippen LogP contribution in [0.25, 0.3) is 0 Å². The van der Waals surface area contributed by atoms with E-state index in [1.54, 1.807) is 56.3 Å². The third-order valence-corrected chi connectivity index (χ3v) is 6.58. The maximum absolute atomic E-state index is 12.3. The van der Waals surface area contributed by atoms with Crippen molar-refractivity contribution in [3.63, 3.8) is 0 Å². The van der Waals surface area contributed by atoms with Crippen LogP contribution < -0.4 is 15.0 Å². The van der Waals surface area contributed by atoms with Gasteiger partial charge in [-0.25, -0.2) is 14.0 Å². The van der Waals surface area contributed by atoms with E-state index in [4.69, 9.17) is 14.7 Å². The van der Waals surface area contributed by atoms with E-state index in [2.05, 4.69) is 0 Å². The molecule has 1 heterocycles. The van der Waals surface area contributed by atoms with Crippen molar-refractivity contribution < 1.29 is 28.5 Å². The molecular formula is C23H39N3O6S. The molecule has 188 valence electrons. The number of nitrogens with zero attached hydrogens (tertiary/aromatic N) is 2. The van der Waals surface area contributed by atoms with Gasteiger partial charge < -0.3 is 14.4 Å². The molecule has 1 aliphatic heterocycles. The fourth-order valence-corrected chi connectivity index (χ4v) is 4.53. The van der Waals surface area contributed by atoms with Gasteiger partial charge in [-0.2, -0.15) is 0 Å². The molecule has 1 aromatic rings. The van der Waals surface area contributed by atoms with Crippen molar-refractivity contribution in [2.45, 2.75) is 50.8 Å². The van der Waals surface area contributed by atoms with Gasteiger partial charge in [0.05, 0.1) is 14.2 Å². The summed E-state index contributed by atoms with van der Waals surface area (Å²) in [6.45, 7) is 5.67. The standard InChI is InChI=1S/C13H24N2O3.C10H15NO3S/c1-10(2)8-11(9-12(16)14-18)13(17)15-6-4-3-5-7-15;1-11(2)15(12)10-7-8(13-3)5-6-9(10)14-4/h10-11,18H,3-9H2,1-2H3,(H,14,16);5-7H,1-4H3/t11-;/m1./s1. The number of benzene rings is 1. The lowest BCUT2D eigenvalue weighted by Crippen LogP contribution is -2.41. The first-order valence-corrected chi connectivity index (χ1v) is 12.3. The van der Waals surface area contributed by atoms with Gasteiger partial charge in [-0.3, -0.25) is 14.8 Å². The van der Waals surface area contributed by atoms with Crippen LogP contribution >= 0.6 is 0 Å². The average Bonchev–Trinajstić information content (AvgIpc) is 2.82. The second-order valence-electron chi connectivity index (χ2n) is 8.53. The molecule has 1 fully saturated rings. The number of likely N-dealkylation sites (tertiary alicyclic amines) is 1. The Kier molecular flexibility index (Phi) is 13.0.